The summed E-state index contributed by atoms with van der Waals surface area (Å²) in [6.07, 6.45) is 3.69. The molecule has 1 unspecified atom stereocenters. The fourth-order valence-electron chi connectivity index (χ4n) is 2.67. The number of urea groups is 1. The summed E-state index contributed by atoms with van der Waals surface area (Å²) in [5, 5.41) is 5.65. The van der Waals surface area contributed by atoms with E-state index in [2.05, 4.69) is 27.4 Å². The number of pyridine rings is 1. The number of benzene rings is 1. The molecule has 0 aliphatic carbocycles. The van der Waals surface area contributed by atoms with Crippen molar-refractivity contribution in [1.29, 1.82) is 0 Å². The second kappa shape index (κ2) is 7.79. The molecule has 2 aromatic rings. The van der Waals surface area contributed by atoms with E-state index in [0.717, 1.165) is 36.6 Å². The van der Waals surface area contributed by atoms with Crippen molar-refractivity contribution in [1.82, 2.24) is 10.3 Å². The van der Waals surface area contributed by atoms with Crippen LogP contribution in [0.1, 0.15) is 12.5 Å². The van der Waals surface area contributed by atoms with E-state index < -0.39 is 0 Å². The Morgan fingerprint density at radius 3 is 2.88 bits per heavy atom. The molecule has 1 aromatic heterocycles. The minimum atomic E-state index is -0.230. The number of amides is 2. The minimum absolute atomic E-state index is 0.230. The van der Waals surface area contributed by atoms with Gasteiger partial charge < -0.3 is 20.3 Å². The Morgan fingerprint density at radius 2 is 2.17 bits per heavy atom. The maximum Gasteiger partial charge on any atom is 0.319 e. The fourth-order valence-corrected chi connectivity index (χ4v) is 2.67. The lowest BCUT2D eigenvalue weighted by Gasteiger charge is -2.33. The van der Waals surface area contributed by atoms with E-state index in [9.17, 15) is 4.79 Å². The van der Waals surface area contributed by atoms with Gasteiger partial charge in [0.25, 0.3) is 0 Å². The zero-order valence-electron chi connectivity index (χ0n) is 13.7. The Labute approximate surface area is 141 Å². The van der Waals surface area contributed by atoms with Crippen LogP contribution in [0.3, 0.4) is 0 Å². The first kappa shape index (κ1) is 16.3. The van der Waals surface area contributed by atoms with Crippen molar-refractivity contribution >= 4 is 17.4 Å². The molecule has 0 radical (unpaired) electrons. The maximum absolute atomic E-state index is 11.9. The standard InChI is InChI=1S/C18H22N4O2/c1-14-13-22(9-10-24-14)17-6-4-16(5-7-17)21-18(23)20-12-15-3-2-8-19-11-15/h2-8,11,14H,9-10,12-13H2,1H3,(H2,20,21,23). The van der Waals surface area contributed by atoms with Gasteiger partial charge in [0.1, 0.15) is 0 Å². The van der Waals surface area contributed by atoms with Crippen LogP contribution in [0.4, 0.5) is 16.2 Å². The summed E-state index contributed by atoms with van der Waals surface area (Å²) in [7, 11) is 0. The van der Waals surface area contributed by atoms with Crippen molar-refractivity contribution < 1.29 is 9.53 Å². The fraction of sp³-hybridized carbons (Fsp3) is 0.333. The molecule has 1 saturated heterocycles. The number of anilines is 2. The zero-order valence-corrected chi connectivity index (χ0v) is 13.7. The van der Waals surface area contributed by atoms with Crippen LogP contribution in [0.2, 0.25) is 0 Å². The molecule has 1 fully saturated rings. The summed E-state index contributed by atoms with van der Waals surface area (Å²) < 4.78 is 5.56. The van der Waals surface area contributed by atoms with Crippen LogP contribution in [0.15, 0.2) is 48.8 Å². The quantitative estimate of drug-likeness (QED) is 0.906. The van der Waals surface area contributed by atoms with Gasteiger partial charge in [0.2, 0.25) is 0 Å². The number of rotatable bonds is 4. The van der Waals surface area contributed by atoms with Crippen LogP contribution in [-0.2, 0) is 11.3 Å². The smallest absolute Gasteiger partial charge is 0.319 e. The first-order valence-electron chi connectivity index (χ1n) is 8.11. The molecule has 2 N–H and O–H groups in total. The number of carbonyl (C=O) groups excluding carboxylic acids is 1. The average molecular weight is 326 g/mol. The summed E-state index contributed by atoms with van der Waals surface area (Å²) in [5.41, 5.74) is 2.87. The molecule has 3 rings (SSSR count). The molecule has 24 heavy (non-hydrogen) atoms. The maximum atomic E-state index is 11.9. The number of hydrogen-bond acceptors (Lipinski definition) is 4. The van der Waals surface area contributed by atoms with E-state index in [1.54, 1.807) is 12.4 Å². The van der Waals surface area contributed by atoms with Gasteiger partial charge in [-0.1, -0.05) is 6.07 Å². The van der Waals surface area contributed by atoms with Gasteiger partial charge in [0.15, 0.2) is 0 Å². The molecule has 1 aliphatic heterocycles. The second-order valence-corrected chi connectivity index (χ2v) is 5.84. The molecule has 1 aromatic carbocycles. The third kappa shape index (κ3) is 4.45. The molecule has 0 spiro atoms. The predicted molar refractivity (Wildman–Crippen MR) is 94.2 cm³/mol. The Balaban J connectivity index is 1.51. The SMILES string of the molecule is CC1CN(c2ccc(NC(=O)NCc3cccnc3)cc2)CCO1. The zero-order chi connectivity index (χ0) is 16.8. The molecule has 2 amide bonds. The van der Waals surface area contributed by atoms with Crippen LogP contribution in [0, 0.1) is 0 Å². The average Bonchev–Trinajstić information content (AvgIpc) is 2.61. The van der Waals surface area contributed by atoms with Gasteiger partial charge in [-0.25, -0.2) is 4.79 Å². The molecule has 0 saturated carbocycles. The summed E-state index contributed by atoms with van der Waals surface area (Å²) in [4.78, 5) is 18.3. The van der Waals surface area contributed by atoms with Crippen molar-refractivity contribution in [3.8, 4) is 0 Å². The Hall–Kier alpha value is -2.60. The number of ether oxygens (including phenoxy) is 1. The van der Waals surface area contributed by atoms with Gasteiger partial charge in [-0.05, 0) is 42.8 Å². The van der Waals surface area contributed by atoms with Crippen LogP contribution < -0.4 is 15.5 Å². The predicted octanol–water partition coefficient (Wildman–Crippen LogP) is 2.63. The van der Waals surface area contributed by atoms with E-state index in [0.29, 0.717) is 6.54 Å². The largest absolute Gasteiger partial charge is 0.375 e. The van der Waals surface area contributed by atoms with Crippen molar-refractivity contribution in [3.63, 3.8) is 0 Å². The van der Waals surface area contributed by atoms with Crippen molar-refractivity contribution in [2.24, 2.45) is 0 Å². The monoisotopic (exact) mass is 326 g/mol. The molecule has 2 heterocycles. The van der Waals surface area contributed by atoms with Crippen LogP contribution in [0.25, 0.3) is 0 Å². The summed E-state index contributed by atoms with van der Waals surface area (Å²) in [6.45, 7) is 5.05. The molecular weight excluding hydrogens is 304 g/mol. The Kier molecular flexibility index (Phi) is 5.28. The normalized spacial score (nSPS) is 17.4. The van der Waals surface area contributed by atoms with E-state index in [1.165, 1.54) is 0 Å². The van der Waals surface area contributed by atoms with Gasteiger partial charge >= 0.3 is 6.03 Å². The van der Waals surface area contributed by atoms with Gasteiger partial charge in [0, 0.05) is 43.4 Å². The third-order valence-electron chi connectivity index (χ3n) is 3.91. The highest BCUT2D eigenvalue weighted by atomic mass is 16.5. The van der Waals surface area contributed by atoms with E-state index in [4.69, 9.17) is 4.74 Å². The number of nitrogens with one attached hydrogen (secondary N) is 2. The van der Waals surface area contributed by atoms with E-state index in [-0.39, 0.29) is 12.1 Å². The van der Waals surface area contributed by atoms with Crippen molar-refractivity contribution in [2.75, 3.05) is 29.9 Å². The highest BCUT2D eigenvalue weighted by Gasteiger charge is 2.16. The second-order valence-electron chi connectivity index (χ2n) is 5.84. The van der Waals surface area contributed by atoms with E-state index >= 15 is 0 Å². The Morgan fingerprint density at radius 1 is 1.33 bits per heavy atom. The van der Waals surface area contributed by atoms with E-state index in [1.807, 2.05) is 36.4 Å². The lowest BCUT2D eigenvalue weighted by Crippen LogP contribution is -2.41. The number of aromatic nitrogens is 1. The third-order valence-corrected chi connectivity index (χ3v) is 3.91. The summed E-state index contributed by atoms with van der Waals surface area (Å²) in [6, 6.07) is 11.4. The van der Waals surface area contributed by atoms with Gasteiger partial charge in [-0.2, -0.15) is 0 Å². The lowest BCUT2D eigenvalue weighted by molar-refractivity contribution is 0.0532. The molecule has 0 bridgehead atoms. The van der Waals surface area contributed by atoms with Gasteiger partial charge in [0.05, 0.1) is 12.7 Å². The van der Waals surface area contributed by atoms with Crippen molar-refractivity contribution in [3.05, 3.63) is 54.4 Å². The molecule has 126 valence electrons. The molecule has 1 aliphatic rings. The van der Waals surface area contributed by atoms with Gasteiger partial charge in [-0.3, -0.25) is 4.98 Å². The highest BCUT2D eigenvalue weighted by Crippen LogP contribution is 2.20. The highest BCUT2D eigenvalue weighted by molar-refractivity contribution is 5.89. The van der Waals surface area contributed by atoms with Crippen LogP contribution >= 0.6 is 0 Å². The first-order valence-corrected chi connectivity index (χ1v) is 8.11. The van der Waals surface area contributed by atoms with Crippen LogP contribution in [-0.4, -0.2) is 36.8 Å². The lowest BCUT2D eigenvalue weighted by atomic mass is 10.2. The molecular formula is C18H22N4O2. The number of hydrogen-bond donors (Lipinski definition) is 2. The Bertz CT molecular complexity index is 660. The summed E-state index contributed by atoms with van der Waals surface area (Å²) >= 11 is 0. The van der Waals surface area contributed by atoms with Gasteiger partial charge in [-0.15, -0.1) is 0 Å². The number of nitrogens with zero attached hydrogens (tertiary/aromatic N) is 2. The van der Waals surface area contributed by atoms with Crippen LogP contribution in [0.5, 0.6) is 0 Å². The number of morpholine rings is 1. The topological polar surface area (TPSA) is 66.5 Å². The molecule has 6 nitrogen and oxygen atoms in total. The molecule has 6 heteroatoms. The number of carbonyl (C=O) groups is 1. The van der Waals surface area contributed by atoms with Crippen molar-refractivity contribution in [2.45, 2.75) is 19.6 Å². The molecule has 1 atom stereocenters. The summed E-state index contributed by atoms with van der Waals surface area (Å²) in [5.74, 6) is 0. The first-order chi connectivity index (χ1) is 11.7. The minimum Gasteiger partial charge on any atom is -0.375 e.